The van der Waals surface area contributed by atoms with Crippen LogP contribution in [0.25, 0.3) is 0 Å². The van der Waals surface area contributed by atoms with Gasteiger partial charge in [0.05, 0.1) is 16.6 Å². The standard InChI is InChI=1S/C26H30N2O3S/c1-6-23(21-11-7-17(2)8-12-21)27-26(29)22-13-10-19(4)25(16-22)32(30,31)28-24-14-9-18(3)15-20(24)5/h7-16,23,28H,6H2,1-5H3,(H,27,29)/t23-/m1/s1. The van der Waals surface area contributed by atoms with Gasteiger partial charge in [-0.2, -0.15) is 0 Å². The van der Waals surface area contributed by atoms with Crippen LogP contribution in [0.3, 0.4) is 0 Å². The Kier molecular flexibility index (Phi) is 7.04. The second-order valence-corrected chi connectivity index (χ2v) is 9.90. The molecule has 0 aromatic heterocycles. The highest BCUT2D eigenvalue weighted by Crippen LogP contribution is 2.24. The molecule has 0 aliphatic carbocycles. The third kappa shape index (κ3) is 5.37. The smallest absolute Gasteiger partial charge is 0.262 e. The molecule has 2 N–H and O–H groups in total. The molecule has 0 heterocycles. The number of aryl methyl sites for hydroxylation is 4. The second-order valence-electron chi connectivity index (χ2n) is 8.25. The summed E-state index contributed by atoms with van der Waals surface area (Å²) >= 11 is 0. The Morgan fingerprint density at radius 2 is 1.50 bits per heavy atom. The molecule has 168 valence electrons. The van der Waals surface area contributed by atoms with Gasteiger partial charge in [-0.05, 0) is 69.0 Å². The van der Waals surface area contributed by atoms with Crippen molar-refractivity contribution in [1.82, 2.24) is 5.32 Å². The summed E-state index contributed by atoms with van der Waals surface area (Å²) < 4.78 is 28.9. The Labute approximate surface area is 190 Å². The monoisotopic (exact) mass is 450 g/mol. The predicted octanol–water partition coefficient (Wildman–Crippen LogP) is 5.60. The fraction of sp³-hybridized carbons (Fsp3) is 0.269. The molecule has 1 atom stereocenters. The van der Waals surface area contributed by atoms with Gasteiger partial charge in [0, 0.05) is 5.56 Å². The first-order valence-electron chi connectivity index (χ1n) is 10.7. The van der Waals surface area contributed by atoms with E-state index in [9.17, 15) is 13.2 Å². The molecule has 32 heavy (non-hydrogen) atoms. The van der Waals surface area contributed by atoms with Crippen LogP contribution in [-0.4, -0.2) is 14.3 Å². The van der Waals surface area contributed by atoms with Gasteiger partial charge in [-0.3, -0.25) is 9.52 Å². The minimum atomic E-state index is -3.86. The van der Waals surface area contributed by atoms with E-state index in [1.165, 1.54) is 6.07 Å². The molecule has 0 aliphatic rings. The van der Waals surface area contributed by atoms with Gasteiger partial charge in [-0.25, -0.2) is 8.42 Å². The molecule has 0 fully saturated rings. The summed E-state index contributed by atoms with van der Waals surface area (Å²) in [6.07, 6.45) is 0.722. The Bertz CT molecular complexity index is 1230. The number of amides is 1. The lowest BCUT2D eigenvalue weighted by Crippen LogP contribution is -2.28. The van der Waals surface area contributed by atoms with Crippen LogP contribution in [-0.2, 0) is 10.0 Å². The van der Waals surface area contributed by atoms with E-state index in [-0.39, 0.29) is 16.8 Å². The first-order chi connectivity index (χ1) is 15.1. The summed E-state index contributed by atoms with van der Waals surface area (Å²) in [6.45, 7) is 9.56. The maximum Gasteiger partial charge on any atom is 0.262 e. The van der Waals surface area contributed by atoms with Gasteiger partial charge in [-0.15, -0.1) is 0 Å². The molecule has 3 aromatic carbocycles. The zero-order valence-corrected chi connectivity index (χ0v) is 20.0. The van der Waals surface area contributed by atoms with E-state index in [1.54, 1.807) is 25.1 Å². The van der Waals surface area contributed by atoms with Gasteiger partial charge in [0.15, 0.2) is 0 Å². The van der Waals surface area contributed by atoms with Crippen LogP contribution in [0.2, 0.25) is 0 Å². The van der Waals surface area contributed by atoms with Crippen molar-refractivity contribution in [3.05, 3.63) is 94.0 Å². The summed E-state index contributed by atoms with van der Waals surface area (Å²) in [6, 6.07) is 18.2. The van der Waals surface area contributed by atoms with E-state index in [4.69, 9.17) is 0 Å². The minimum Gasteiger partial charge on any atom is -0.345 e. The molecular weight excluding hydrogens is 420 g/mol. The Hall–Kier alpha value is -3.12. The molecule has 0 radical (unpaired) electrons. The van der Waals surface area contributed by atoms with Crippen LogP contribution in [0.1, 0.15) is 57.6 Å². The normalized spacial score (nSPS) is 12.3. The molecule has 0 unspecified atom stereocenters. The molecule has 0 saturated heterocycles. The highest BCUT2D eigenvalue weighted by molar-refractivity contribution is 7.92. The van der Waals surface area contributed by atoms with Crippen LogP contribution in [0.15, 0.2) is 65.6 Å². The number of benzene rings is 3. The summed E-state index contributed by atoms with van der Waals surface area (Å²) in [5.41, 5.74) is 5.47. The number of nitrogens with one attached hydrogen (secondary N) is 2. The lowest BCUT2D eigenvalue weighted by atomic mass is 10.0. The Morgan fingerprint density at radius 1 is 0.844 bits per heavy atom. The highest BCUT2D eigenvalue weighted by atomic mass is 32.2. The molecule has 0 aliphatic heterocycles. The zero-order chi connectivity index (χ0) is 23.5. The predicted molar refractivity (Wildman–Crippen MR) is 130 cm³/mol. The number of hydrogen-bond acceptors (Lipinski definition) is 3. The maximum atomic E-state index is 13.1. The molecule has 5 nitrogen and oxygen atoms in total. The van der Waals surface area contributed by atoms with Crippen molar-refractivity contribution in [2.45, 2.75) is 52.0 Å². The second kappa shape index (κ2) is 9.57. The topological polar surface area (TPSA) is 75.3 Å². The van der Waals surface area contributed by atoms with Crippen molar-refractivity contribution in [2.24, 2.45) is 0 Å². The van der Waals surface area contributed by atoms with Crippen LogP contribution in [0.5, 0.6) is 0 Å². The van der Waals surface area contributed by atoms with Crippen molar-refractivity contribution in [1.29, 1.82) is 0 Å². The molecule has 0 bridgehead atoms. The molecule has 3 rings (SSSR count). The summed E-state index contributed by atoms with van der Waals surface area (Å²) in [5.74, 6) is -0.305. The van der Waals surface area contributed by atoms with Gasteiger partial charge in [0.1, 0.15) is 0 Å². The minimum absolute atomic E-state index is 0.0912. The first-order valence-corrected chi connectivity index (χ1v) is 12.2. The van der Waals surface area contributed by atoms with E-state index in [0.717, 1.165) is 28.7 Å². The van der Waals surface area contributed by atoms with Gasteiger partial charge < -0.3 is 5.32 Å². The molecule has 6 heteroatoms. The van der Waals surface area contributed by atoms with Crippen molar-refractivity contribution < 1.29 is 13.2 Å². The molecule has 1 amide bonds. The molecule has 3 aromatic rings. The number of anilines is 1. The third-order valence-electron chi connectivity index (χ3n) is 5.56. The van der Waals surface area contributed by atoms with Gasteiger partial charge in [-0.1, -0.05) is 60.5 Å². The van der Waals surface area contributed by atoms with Crippen molar-refractivity contribution in [2.75, 3.05) is 4.72 Å². The molecule has 0 spiro atoms. The lowest BCUT2D eigenvalue weighted by Gasteiger charge is -2.18. The largest absolute Gasteiger partial charge is 0.345 e. The van der Waals surface area contributed by atoms with E-state index >= 15 is 0 Å². The quantitative estimate of drug-likeness (QED) is 0.492. The van der Waals surface area contributed by atoms with E-state index in [0.29, 0.717) is 16.8 Å². The summed E-state index contributed by atoms with van der Waals surface area (Å²) in [7, 11) is -3.86. The number of rotatable bonds is 7. The van der Waals surface area contributed by atoms with Crippen molar-refractivity contribution in [3.8, 4) is 0 Å². The fourth-order valence-electron chi connectivity index (χ4n) is 3.62. The SMILES string of the molecule is CC[C@@H](NC(=O)c1ccc(C)c(S(=O)(=O)Nc2ccc(C)cc2C)c1)c1ccc(C)cc1. The Balaban J connectivity index is 1.86. The Morgan fingerprint density at radius 3 is 2.12 bits per heavy atom. The summed E-state index contributed by atoms with van der Waals surface area (Å²) in [4.78, 5) is 13.1. The van der Waals surface area contributed by atoms with Gasteiger partial charge >= 0.3 is 0 Å². The first kappa shape index (κ1) is 23.5. The van der Waals surface area contributed by atoms with Crippen molar-refractivity contribution in [3.63, 3.8) is 0 Å². The van der Waals surface area contributed by atoms with Crippen LogP contribution in [0.4, 0.5) is 5.69 Å². The third-order valence-corrected chi connectivity index (χ3v) is 7.07. The number of carbonyl (C=O) groups excluding carboxylic acids is 1. The average Bonchev–Trinajstić information content (AvgIpc) is 2.74. The number of hydrogen-bond donors (Lipinski definition) is 2. The van der Waals surface area contributed by atoms with Crippen molar-refractivity contribution >= 4 is 21.6 Å². The fourth-order valence-corrected chi connectivity index (χ4v) is 5.02. The number of sulfonamides is 1. The summed E-state index contributed by atoms with van der Waals surface area (Å²) in [5, 5.41) is 3.03. The van der Waals surface area contributed by atoms with Gasteiger partial charge in [0.2, 0.25) is 0 Å². The number of carbonyl (C=O) groups is 1. The lowest BCUT2D eigenvalue weighted by molar-refractivity contribution is 0.0935. The zero-order valence-electron chi connectivity index (χ0n) is 19.2. The molecule has 0 saturated carbocycles. The highest BCUT2D eigenvalue weighted by Gasteiger charge is 2.21. The maximum absolute atomic E-state index is 13.1. The van der Waals surface area contributed by atoms with E-state index in [2.05, 4.69) is 10.0 Å². The van der Waals surface area contributed by atoms with E-state index in [1.807, 2.05) is 64.1 Å². The van der Waals surface area contributed by atoms with Crippen LogP contribution in [0, 0.1) is 27.7 Å². The average molecular weight is 451 g/mol. The van der Waals surface area contributed by atoms with E-state index < -0.39 is 10.0 Å². The van der Waals surface area contributed by atoms with Crippen LogP contribution >= 0.6 is 0 Å². The van der Waals surface area contributed by atoms with Gasteiger partial charge in [0.25, 0.3) is 15.9 Å². The van der Waals surface area contributed by atoms with Crippen LogP contribution < -0.4 is 10.0 Å². The molecular formula is C26H30N2O3S.